The molecule has 1 heterocycles. The molecule has 0 spiro atoms. The van der Waals surface area contributed by atoms with E-state index in [2.05, 4.69) is 4.98 Å². The van der Waals surface area contributed by atoms with Gasteiger partial charge in [0.1, 0.15) is 5.69 Å². The van der Waals surface area contributed by atoms with Crippen LogP contribution < -0.4 is 0 Å². The Labute approximate surface area is 182 Å². The second kappa shape index (κ2) is 9.03. The van der Waals surface area contributed by atoms with Crippen LogP contribution >= 0.6 is 0 Å². The lowest BCUT2D eigenvalue weighted by atomic mass is 10.1. The number of ether oxygens (including phenoxy) is 1. The van der Waals surface area contributed by atoms with Crippen molar-refractivity contribution in [3.05, 3.63) is 65.0 Å². The molecule has 0 radical (unpaired) electrons. The number of rotatable bonds is 8. The molecule has 2 aromatic carbocycles. The third-order valence-corrected chi connectivity index (χ3v) is 7.21. The molecule has 0 aliphatic carbocycles. The van der Waals surface area contributed by atoms with Gasteiger partial charge in [0.15, 0.2) is 5.78 Å². The minimum Gasteiger partial charge on any atom is -0.461 e. The van der Waals surface area contributed by atoms with Crippen molar-refractivity contribution in [2.75, 3.05) is 19.7 Å². The summed E-state index contributed by atoms with van der Waals surface area (Å²) >= 11 is 0. The van der Waals surface area contributed by atoms with Crippen LogP contribution in [0, 0.1) is 13.8 Å². The number of nitrogens with one attached hydrogen (secondary N) is 1. The van der Waals surface area contributed by atoms with E-state index >= 15 is 0 Å². The topological polar surface area (TPSA) is 96.5 Å². The largest absolute Gasteiger partial charge is 0.461 e. The Morgan fingerprint density at radius 2 is 1.71 bits per heavy atom. The summed E-state index contributed by atoms with van der Waals surface area (Å²) in [5.41, 5.74) is 1.49. The highest BCUT2D eigenvalue weighted by atomic mass is 32.2. The van der Waals surface area contributed by atoms with E-state index in [0.29, 0.717) is 22.2 Å². The quantitative estimate of drug-likeness (QED) is 0.422. The van der Waals surface area contributed by atoms with Crippen molar-refractivity contribution in [3.8, 4) is 0 Å². The second-order valence-electron chi connectivity index (χ2n) is 7.18. The zero-order valence-corrected chi connectivity index (χ0v) is 18.9. The number of benzene rings is 2. The first-order chi connectivity index (χ1) is 14.7. The molecule has 0 aliphatic rings. The molecular formula is C23H26N2O5S. The molecule has 3 aromatic rings. The molecule has 0 saturated carbocycles. The second-order valence-corrected chi connectivity index (χ2v) is 9.08. The molecule has 164 valence electrons. The molecule has 0 saturated heterocycles. The molecule has 31 heavy (non-hydrogen) atoms. The molecule has 3 rings (SSSR count). The van der Waals surface area contributed by atoms with E-state index < -0.39 is 16.0 Å². The van der Waals surface area contributed by atoms with Gasteiger partial charge in [-0.2, -0.15) is 4.31 Å². The van der Waals surface area contributed by atoms with Crippen LogP contribution in [0.25, 0.3) is 10.8 Å². The number of likely N-dealkylation sites (N-methyl/N-ethyl adjacent to an activating group) is 1. The number of Topliss-reactive ketones (excluding diaryl/α,β-unsaturated/α-hetero) is 1. The summed E-state index contributed by atoms with van der Waals surface area (Å²) in [5, 5.41) is 1.41. The molecule has 0 bridgehead atoms. The van der Waals surface area contributed by atoms with E-state index in [1.54, 1.807) is 52.0 Å². The van der Waals surface area contributed by atoms with Crippen molar-refractivity contribution >= 4 is 32.5 Å². The monoisotopic (exact) mass is 442 g/mol. The standard InChI is InChI=1S/C23H26N2O5S/c1-5-25(31(28,29)20-13-9-11-17-10-7-8-12-18(17)20)14-19(26)21-15(3)22(24-16(21)4)23(27)30-6-2/h7-13,24H,5-6,14H2,1-4H3. The minimum absolute atomic E-state index is 0.130. The van der Waals surface area contributed by atoms with Crippen LogP contribution in [0.4, 0.5) is 0 Å². The maximum absolute atomic E-state index is 13.4. The van der Waals surface area contributed by atoms with E-state index in [1.807, 2.05) is 18.2 Å². The highest BCUT2D eigenvalue weighted by Crippen LogP contribution is 2.27. The highest BCUT2D eigenvalue weighted by Gasteiger charge is 2.30. The van der Waals surface area contributed by atoms with Crippen molar-refractivity contribution in [2.24, 2.45) is 0 Å². The summed E-state index contributed by atoms with van der Waals surface area (Å²) in [7, 11) is -3.91. The van der Waals surface area contributed by atoms with Crippen LogP contribution in [-0.4, -0.2) is 49.2 Å². The third kappa shape index (κ3) is 4.26. The van der Waals surface area contributed by atoms with Crippen LogP contribution in [0.15, 0.2) is 47.4 Å². The smallest absolute Gasteiger partial charge is 0.355 e. The number of carbonyl (C=O) groups is 2. The van der Waals surface area contributed by atoms with Gasteiger partial charge in [0.05, 0.1) is 18.0 Å². The van der Waals surface area contributed by atoms with Crippen molar-refractivity contribution in [2.45, 2.75) is 32.6 Å². The summed E-state index contributed by atoms with van der Waals surface area (Å²) in [6.07, 6.45) is 0. The average Bonchev–Trinajstić information content (AvgIpc) is 3.05. The van der Waals surface area contributed by atoms with Gasteiger partial charge >= 0.3 is 5.97 Å². The number of hydrogen-bond acceptors (Lipinski definition) is 5. The Hall–Kier alpha value is -2.97. The summed E-state index contributed by atoms with van der Waals surface area (Å²) in [6.45, 7) is 6.74. The lowest BCUT2D eigenvalue weighted by Gasteiger charge is -2.21. The van der Waals surface area contributed by atoms with Gasteiger partial charge in [-0.15, -0.1) is 0 Å². The predicted molar refractivity (Wildman–Crippen MR) is 119 cm³/mol. The maximum atomic E-state index is 13.4. The predicted octanol–water partition coefficient (Wildman–Crippen LogP) is 3.85. The fourth-order valence-corrected chi connectivity index (χ4v) is 5.36. The molecule has 0 unspecified atom stereocenters. The minimum atomic E-state index is -3.91. The molecule has 0 amide bonds. The number of aryl methyl sites for hydroxylation is 1. The van der Waals surface area contributed by atoms with Crippen LogP contribution in [0.1, 0.15) is 46.0 Å². The van der Waals surface area contributed by atoms with Gasteiger partial charge < -0.3 is 9.72 Å². The zero-order chi connectivity index (χ0) is 22.8. The molecule has 0 atom stereocenters. The average molecular weight is 443 g/mol. The normalized spacial score (nSPS) is 11.8. The van der Waals surface area contributed by atoms with Crippen molar-refractivity contribution in [1.29, 1.82) is 0 Å². The molecule has 0 aliphatic heterocycles. The lowest BCUT2D eigenvalue weighted by molar-refractivity contribution is 0.0519. The van der Waals surface area contributed by atoms with E-state index in [4.69, 9.17) is 4.74 Å². The number of aromatic amines is 1. The van der Waals surface area contributed by atoms with Gasteiger partial charge in [0.25, 0.3) is 0 Å². The summed E-state index contributed by atoms with van der Waals surface area (Å²) in [4.78, 5) is 28.3. The molecular weight excluding hydrogens is 416 g/mol. The van der Waals surface area contributed by atoms with Crippen LogP contribution in [0.2, 0.25) is 0 Å². The van der Waals surface area contributed by atoms with Gasteiger partial charge in [-0.3, -0.25) is 4.79 Å². The number of aromatic nitrogens is 1. The number of fused-ring (bicyclic) bond motifs is 1. The lowest BCUT2D eigenvalue weighted by Crippen LogP contribution is -2.36. The molecule has 8 heteroatoms. The number of ketones is 1. The van der Waals surface area contributed by atoms with Gasteiger partial charge in [-0.05, 0) is 37.8 Å². The number of esters is 1. The van der Waals surface area contributed by atoms with Crippen molar-refractivity contribution < 1.29 is 22.7 Å². The summed E-state index contributed by atoms with van der Waals surface area (Å²) in [5.74, 6) is -0.926. The Morgan fingerprint density at radius 1 is 1.03 bits per heavy atom. The summed E-state index contributed by atoms with van der Waals surface area (Å²) < 4.78 is 33.0. The summed E-state index contributed by atoms with van der Waals surface area (Å²) in [6, 6.07) is 12.3. The van der Waals surface area contributed by atoms with Gasteiger partial charge in [0, 0.05) is 23.2 Å². The Kier molecular flexibility index (Phi) is 6.62. The van der Waals surface area contributed by atoms with E-state index in [9.17, 15) is 18.0 Å². The number of nitrogens with zero attached hydrogens (tertiary/aromatic N) is 1. The van der Waals surface area contributed by atoms with Crippen molar-refractivity contribution in [1.82, 2.24) is 9.29 Å². The van der Waals surface area contributed by atoms with Crippen molar-refractivity contribution in [3.63, 3.8) is 0 Å². The van der Waals surface area contributed by atoms with E-state index in [-0.39, 0.29) is 36.1 Å². The van der Waals surface area contributed by atoms with Crippen LogP contribution in [0.5, 0.6) is 0 Å². The molecule has 7 nitrogen and oxygen atoms in total. The Morgan fingerprint density at radius 3 is 2.39 bits per heavy atom. The Balaban J connectivity index is 1.96. The maximum Gasteiger partial charge on any atom is 0.355 e. The van der Waals surface area contributed by atoms with Crippen LogP contribution in [-0.2, 0) is 14.8 Å². The fraction of sp³-hybridized carbons (Fsp3) is 0.304. The number of hydrogen-bond donors (Lipinski definition) is 1. The molecule has 0 fully saturated rings. The van der Waals surface area contributed by atoms with E-state index in [1.165, 1.54) is 0 Å². The van der Waals surface area contributed by atoms with E-state index in [0.717, 1.165) is 9.69 Å². The van der Waals surface area contributed by atoms with Gasteiger partial charge in [0.2, 0.25) is 10.0 Å². The third-order valence-electron chi connectivity index (χ3n) is 5.24. The number of carbonyl (C=O) groups excluding carboxylic acids is 2. The van der Waals surface area contributed by atoms with Crippen LogP contribution in [0.3, 0.4) is 0 Å². The SMILES string of the molecule is CCOC(=O)c1[nH]c(C)c(C(=O)CN(CC)S(=O)(=O)c2cccc3ccccc23)c1C. The number of sulfonamides is 1. The highest BCUT2D eigenvalue weighted by molar-refractivity contribution is 7.89. The first kappa shape index (κ1) is 22.7. The Bertz CT molecular complexity index is 1240. The first-order valence-electron chi connectivity index (χ1n) is 10.1. The number of H-pyrrole nitrogens is 1. The van der Waals surface area contributed by atoms with Gasteiger partial charge in [-0.1, -0.05) is 43.3 Å². The first-order valence-corrected chi connectivity index (χ1v) is 11.5. The van der Waals surface area contributed by atoms with Gasteiger partial charge in [-0.25, -0.2) is 13.2 Å². The fourth-order valence-electron chi connectivity index (χ4n) is 3.74. The molecule has 1 N–H and O–H groups in total. The zero-order valence-electron chi connectivity index (χ0n) is 18.1. The molecule has 1 aromatic heterocycles.